The van der Waals surface area contributed by atoms with Crippen LogP contribution in [0.25, 0.3) is 0 Å². The third-order valence-electron chi connectivity index (χ3n) is 7.70. The van der Waals surface area contributed by atoms with Crippen LogP contribution in [0, 0.1) is 0 Å². The van der Waals surface area contributed by atoms with Gasteiger partial charge in [-0.05, 0) is 19.3 Å². The predicted molar refractivity (Wildman–Crippen MR) is 165 cm³/mol. The Labute approximate surface area is 233 Å². The average Bonchev–Trinajstić information content (AvgIpc) is 2.90. The van der Waals surface area contributed by atoms with Gasteiger partial charge in [0.1, 0.15) is 0 Å². The molecule has 0 saturated heterocycles. The van der Waals surface area contributed by atoms with Gasteiger partial charge in [0.05, 0.1) is 18.8 Å². The van der Waals surface area contributed by atoms with Crippen molar-refractivity contribution in [3.05, 3.63) is 12.2 Å². The number of nitrogens with two attached hydrogens (primary N) is 1. The molecule has 37 heavy (non-hydrogen) atoms. The fraction of sp³-hybridized carbons (Fsp3) is 0.941. The Bertz CT molecular complexity index is 440. The minimum absolute atomic E-state index is 0.319. The smallest absolute Gasteiger partial charge is 0.0894 e. The van der Waals surface area contributed by atoms with Gasteiger partial charge in [-0.25, -0.2) is 0 Å². The van der Waals surface area contributed by atoms with Crippen LogP contribution in [-0.4, -0.2) is 30.5 Å². The molecule has 0 amide bonds. The lowest BCUT2D eigenvalue weighted by atomic mass is 10.0. The van der Waals surface area contributed by atoms with Crippen LogP contribution in [0.4, 0.5) is 0 Å². The Morgan fingerprint density at radius 1 is 0.541 bits per heavy atom. The highest BCUT2D eigenvalue weighted by Gasteiger charge is 2.11. The molecule has 0 heterocycles. The average molecular weight is 524 g/mol. The zero-order valence-corrected chi connectivity index (χ0v) is 25.5. The van der Waals surface area contributed by atoms with E-state index in [1.165, 1.54) is 154 Å². The van der Waals surface area contributed by atoms with Crippen molar-refractivity contribution in [1.82, 2.24) is 0 Å². The molecular formula is C34H69NO2. The van der Waals surface area contributed by atoms with Crippen molar-refractivity contribution in [2.24, 2.45) is 5.73 Å². The lowest BCUT2D eigenvalue weighted by Crippen LogP contribution is -2.37. The van der Waals surface area contributed by atoms with Crippen molar-refractivity contribution in [2.75, 3.05) is 13.2 Å². The van der Waals surface area contributed by atoms with Gasteiger partial charge in [-0.1, -0.05) is 174 Å². The van der Waals surface area contributed by atoms with E-state index in [-0.39, 0.29) is 6.04 Å². The number of aliphatic hydroxyl groups excluding tert-OH is 1. The van der Waals surface area contributed by atoms with E-state index < -0.39 is 6.10 Å². The molecule has 222 valence electrons. The second-order valence-corrected chi connectivity index (χ2v) is 11.6. The molecule has 0 aliphatic carbocycles. The van der Waals surface area contributed by atoms with Gasteiger partial charge in [-0.3, -0.25) is 0 Å². The SMILES string of the molecule is CCCCCCCCCCCCC/C=C/C(O)C(N)COCCCCCCCCCCCCCCCC. The summed E-state index contributed by atoms with van der Waals surface area (Å²) in [5, 5.41) is 10.2. The summed E-state index contributed by atoms with van der Waals surface area (Å²) in [5.74, 6) is 0. The third-order valence-corrected chi connectivity index (χ3v) is 7.70. The van der Waals surface area contributed by atoms with Gasteiger partial charge in [-0.2, -0.15) is 0 Å². The van der Waals surface area contributed by atoms with Crippen LogP contribution in [-0.2, 0) is 4.74 Å². The second-order valence-electron chi connectivity index (χ2n) is 11.6. The molecule has 0 spiro atoms. The molecule has 2 unspecified atom stereocenters. The minimum atomic E-state index is -0.593. The van der Waals surface area contributed by atoms with Crippen LogP contribution in [0.1, 0.15) is 181 Å². The molecule has 0 saturated carbocycles. The molecule has 0 aromatic rings. The van der Waals surface area contributed by atoms with Crippen molar-refractivity contribution >= 4 is 0 Å². The fourth-order valence-corrected chi connectivity index (χ4v) is 5.02. The monoisotopic (exact) mass is 524 g/mol. The number of hydrogen-bond donors (Lipinski definition) is 2. The summed E-state index contributed by atoms with van der Waals surface area (Å²) in [5.41, 5.74) is 6.10. The van der Waals surface area contributed by atoms with E-state index >= 15 is 0 Å². The van der Waals surface area contributed by atoms with Crippen LogP contribution >= 0.6 is 0 Å². The van der Waals surface area contributed by atoms with E-state index in [2.05, 4.69) is 19.9 Å². The van der Waals surface area contributed by atoms with E-state index in [0.29, 0.717) is 6.61 Å². The first-order valence-electron chi connectivity index (χ1n) is 16.9. The maximum atomic E-state index is 10.2. The minimum Gasteiger partial charge on any atom is -0.387 e. The van der Waals surface area contributed by atoms with Gasteiger partial charge in [-0.15, -0.1) is 0 Å². The number of aliphatic hydroxyl groups is 1. The molecule has 0 radical (unpaired) electrons. The van der Waals surface area contributed by atoms with Crippen LogP contribution in [0.3, 0.4) is 0 Å². The Morgan fingerprint density at radius 2 is 0.892 bits per heavy atom. The van der Waals surface area contributed by atoms with Crippen molar-refractivity contribution in [1.29, 1.82) is 0 Å². The molecule has 3 nitrogen and oxygen atoms in total. The predicted octanol–water partition coefficient (Wildman–Crippen LogP) is 10.4. The largest absolute Gasteiger partial charge is 0.387 e. The molecule has 0 fully saturated rings. The Kier molecular flexibility index (Phi) is 31.5. The van der Waals surface area contributed by atoms with Crippen LogP contribution in [0.2, 0.25) is 0 Å². The summed E-state index contributed by atoms with van der Waals surface area (Å²) in [4.78, 5) is 0. The zero-order chi connectivity index (χ0) is 27.1. The fourth-order valence-electron chi connectivity index (χ4n) is 5.02. The van der Waals surface area contributed by atoms with Gasteiger partial charge < -0.3 is 15.6 Å². The molecular weight excluding hydrogens is 454 g/mol. The molecule has 2 atom stereocenters. The Hall–Kier alpha value is -0.380. The van der Waals surface area contributed by atoms with Gasteiger partial charge in [0.2, 0.25) is 0 Å². The summed E-state index contributed by atoms with van der Waals surface area (Å²) in [6.45, 7) is 5.78. The molecule has 0 aliphatic rings. The lowest BCUT2D eigenvalue weighted by molar-refractivity contribution is 0.0783. The third kappa shape index (κ3) is 30.0. The van der Waals surface area contributed by atoms with Crippen molar-refractivity contribution < 1.29 is 9.84 Å². The molecule has 0 rings (SSSR count). The number of rotatable bonds is 31. The molecule has 3 N–H and O–H groups in total. The van der Waals surface area contributed by atoms with Gasteiger partial charge >= 0.3 is 0 Å². The van der Waals surface area contributed by atoms with Gasteiger partial charge in [0, 0.05) is 6.61 Å². The Morgan fingerprint density at radius 3 is 1.30 bits per heavy atom. The normalized spacial score (nSPS) is 13.5. The summed E-state index contributed by atoms with van der Waals surface area (Å²) in [6, 6.07) is -0.319. The number of allylic oxidation sites excluding steroid dienone is 1. The summed E-state index contributed by atoms with van der Waals surface area (Å²) < 4.78 is 5.72. The number of ether oxygens (including phenoxy) is 1. The van der Waals surface area contributed by atoms with Crippen molar-refractivity contribution in [2.45, 2.75) is 193 Å². The van der Waals surface area contributed by atoms with E-state index in [0.717, 1.165) is 19.4 Å². The van der Waals surface area contributed by atoms with E-state index in [1.54, 1.807) is 0 Å². The topological polar surface area (TPSA) is 55.5 Å². The summed E-state index contributed by atoms with van der Waals surface area (Å²) in [6.07, 6.45) is 38.7. The quantitative estimate of drug-likeness (QED) is 0.0701. The first-order valence-corrected chi connectivity index (χ1v) is 16.9. The number of hydrogen-bond acceptors (Lipinski definition) is 3. The molecule has 3 heteroatoms. The van der Waals surface area contributed by atoms with Crippen LogP contribution < -0.4 is 5.73 Å². The Balaban J connectivity index is 3.34. The van der Waals surface area contributed by atoms with E-state index in [1.807, 2.05) is 6.08 Å². The first-order chi connectivity index (χ1) is 18.2. The maximum Gasteiger partial charge on any atom is 0.0894 e. The standard InChI is InChI=1S/C34H69NO2/c1-3-5-7-9-11-13-15-17-19-21-23-25-27-29-31-37-32-33(35)34(36)30-28-26-24-22-20-18-16-14-12-10-8-6-4-2/h28,30,33-34,36H,3-27,29,31-32,35H2,1-2H3/b30-28+. The molecule has 0 bridgehead atoms. The second kappa shape index (κ2) is 31.8. The van der Waals surface area contributed by atoms with Crippen LogP contribution in [0.15, 0.2) is 12.2 Å². The van der Waals surface area contributed by atoms with Crippen LogP contribution in [0.5, 0.6) is 0 Å². The summed E-state index contributed by atoms with van der Waals surface area (Å²) >= 11 is 0. The highest BCUT2D eigenvalue weighted by Crippen LogP contribution is 2.14. The molecule has 0 aromatic carbocycles. The zero-order valence-electron chi connectivity index (χ0n) is 25.5. The van der Waals surface area contributed by atoms with Crippen molar-refractivity contribution in [3.8, 4) is 0 Å². The molecule has 0 aliphatic heterocycles. The highest BCUT2D eigenvalue weighted by atomic mass is 16.5. The van der Waals surface area contributed by atoms with E-state index in [9.17, 15) is 5.11 Å². The molecule has 0 aromatic heterocycles. The lowest BCUT2D eigenvalue weighted by Gasteiger charge is -2.15. The van der Waals surface area contributed by atoms with Gasteiger partial charge in [0.15, 0.2) is 0 Å². The maximum absolute atomic E-state index is 10.2. The van der Waals surface area contributed by atoms with Crippen molar-refractivity contribution in [3.63, 3.8) is 0 Å². The first kappa shape index (κ1) is 36.6. The van der Waals surface area contributed by atoms with E-state index in [4.69, 9.17) is 10.5 Å². The van der Waals surface area contributed by atoms with Gasteiger partial charge in [0.25, 0.3) is 0 Å². The number of unbranched alkanes of at least 4 members (excludes halogenated alkanes) is 24. The summed E-state index contributed by atoms with van der Waals surface area (Å²) in [7, 11) is 0. The highest BCUT2D eigenvalue weighted by molar-refractivity contribution is 4.93.